The zero-order valence-electron chi connectivity index (χ0n) is 20.1. The quantitative estimate of drug-likeness (QED) is 0.291. The lowest BCUT2D eigenvalue weighted by molar-refractivity contribution is -0.137. The Morgan fingerprint density at radius 1 is 0.909 bits per heavy atom. The highest BCUT2D eigenvalue weighted by atomic mass is 19.4. The molecule has 5 nitrogen and oxygen atoms in total. The number of likely N-dealkylation sites (N-methyl/N-ethyl adjacent to an activating group) is 1. The number of anilines is 1. The summed E-state index contributed by atoms with van der Waals surface area (Å²) in [4.78, 5) is 17.1. The van der Waals surface area contributed by atoms with Gasteiger partial charge in [-0.1, -0.05) is 51.4 Å². The molecule has 0 unspecified atom stereocenters. The van der Waals surface area contributed by atoms with Crippen molar-refractivity contribution in [3.63, 3.8) is 0 Å². The molecule has 0 aromatic heterocycles. The van der Waals surface area contributed by atoms with E-state index in [1.54, 1.807) is 0 Å². The maximum Gasteiger partial charge on any atom is 0.416 e. The van der Waals surface area contributed by atoms with Gasteiger partial charge in [-0.25, -0.2) is 0 Å². The number of nitrogen functional groups attached to an aromatic ring is 1. The molecule has 0 saturated carbocycles. The van der Waals surface area contributed by atoms with Gasteiger partial charge in [-0.05, 0) is 44.6 Å². The molecule has 2 rings (SSSR count). The molecule has 0 bridgehead atoms. The molecular formula is C25H41F3N4O. The minimum Gasteiger partial charge on any atom is -0.398 e. The van der Waals surface area contributed by atoms with Gasteiger partial charge in [0.05, 0.1) is 11.1 Å². The summed E-state index contributed by atoms with van der Waals surface area (Å²) in [5.74, 6) is -0.422. The molecule has 33 heavy (non-hydrogen) atoms. The minimum absolute atomic E-state index is 0.0894. The number of rotatable bonds is 14. The zero-order valence-corrected chi connectivity index (χ0v) is 20.1. The average molecular weight is 471 g/mol. The fraction of sp³-hybridized carbons (Fsp3) is 0.720. The second-order valence-electron chi connectivity index (χ2n) is 9.24. The second kappa shape index (κ2) is 14.5. The van der Waals surface area contributed by atoms with Crippen LogP contribution in [0.5, 0.6) is 0 Å². The molecule has 0 aliphatic carbocycles. The Kier molecular flexibility index (Phi) is 12.0. The first-order valence-electron chi connectivity index (χ1n) is 12.4. The van der Waals surface area contributed by atoms with Gasteiger partial charge in [0.15, 0.2) is 0 Å². The Balaban J connectivity index is 1.41. The van der Waals surface area contributed by atoms with Crippen LogP contribution in [0, 0.1) is 0 Å². The van der Waals surface area contributed by atoms with E-state index in [1.165, 1.54) is 77.7 Å². The molecule has 0 spiro atoms. The lowest BCUT2D eigenvalue weighted by atomic mass is 10.1. The van der Waals surface area contributed by atoms with Crippen molar-refractivity contribution in [1.29, 1.82) is 0 Å². The summed E-state index contributed by atoms with van der Waals surface area (Å²) < 4.78 is 38.1. The monoisotopic (exact) mass is 470 g/mol. The number of unbranched alkanes of at least 4 members (excludes halogenated alkanes) is 9. The Morgan fingerprint density at radius 2 is 1.45 bits per heavy atom. The third kappa shape index (κ3) is 10.8. The van der Waals surface area contributed by atoms with E-state index >= 15 is 0 Å². The Labute approximate surface area is 196 Å². The number of nitrogens with one attached hydrogen (secondary N) is 1. The molecule has 1 aromatic rings. The van der Waals surface area contributed by atoms with Crippen LogP contribution < -0.4 is 11.1 Å². The third-order valence-electron chi connectivity index (χ3n) is 6.41. The summed E-state index contributed by atoms with van der Waals surface area (Å²) in [6.07, 6.45) is 7.61. The van der Waals surface area contributed by atoms with Crippen LogP contribution in [0.3, 0.4) is 0 Å². The maximum absolute atomic E-state index is 12.7. The van der Waals surface area contributed by atoms with E-state index in [0.29, 0.717) is 6.54 Å². The van der Waals surface area contributed by atoms with Gasteiger partial charge in [0.25, 0.3) is 5.91 Å². The number of carbonyl (C=O) groups is 1. The van der Waals surface area contributed by atoms with Crippen molar-refractivity contribution in [2.45, 2.75) is 70.4 Å². The summed E-state index contributed by atoms with van der Waals surface area (Å²) in [6, 6.07) is 2.83. The third-order valence-corrected chi connectivity index (χ3v) is 6.41. The molecule has 1 amide bonds. The predicted octanol–water partition coefficient (Wildman–Crippen LogP) is 5.17. The smallest absolute Gasteiger partial charge is 0.398 e. The molecular weight excluding hydrogens is 429 g/mol. The van der Waals surface area contributed by atoms with Crippen molar-refractivity contribution in [2.75, 3.05) is 52.0 Å². The molecule has 1 heterocycles. The van der Waals surface area contributed by atoms with E-state index in [1.807, 2.05) is 0 Å². The molecule has 1 aromatic carbocycles. The number of alkyl halides is 3. The standard InChI is InChI=1S/C25H41F3N4O/c1-31-16-18-32(19-17-31)15-11-9-7-5-3-2-4-6-8-10-14-30-24(33)22-13-12-21(20-23(22)29)25(26,27)28/h12-13,20H,2-11,14-19,29H2,1H3,(H,30,33). The van der Waals surface area contributed by atoms with E-state index in [0.717, 1.165) is 37.5 Å². The van der Waals surface area contributed by atoms with E-state index in [9.17, 15) is 18.0 Å². The summed E-state index contributed by atoms with van der Waals surface area (Å²) in [5, 5.41) is 2.75. The van der Waals surface area contributed by atoms with Gasteiger partial charge >= 0.3 is 6.18 Å². The number of nitrogens with two attached hydrogens (primary N) is 1. The predicted molar refractivity (Wildman–Crippen MR) is 128 cm³/mol. The molecule has 1 fully saturated rings. The van der Waals surface area contributed by atoms with Crippen LogP contribution in [-0.2, 0) is 6.18 Å². The van der Waals surface area contributed by atoms with Crippen LogP contribution in [0.4, 0.5) is 18.9 Å². The fourth-order valence-electron chi connectivity index (χ4n) is 4.19. The molecule has 1 saturated heterocycles. The van der Waals surface area contributed by atoms with Crippen molar-refractivity contribution < 1.29 is 18.0 Å². The van der Waals surface area contributed by atoms with Gasteiger partial charge in [0.2, 0.25) is 0 Å². The zero-order chi connectivity index (χ0) is 24.1. The summed E-state index contributed by atoms with van der Waals surface area (Å²) in [5.41, 5.74) is 4.72. The molecule has 0 radical (unpaired) electrons. The van der Waals surface area contributed by atoms with Crippen LogP contribution in [0.2, 0.25) is 0 Å². The summed E-state index contributed by atoms with van der Waals surface area (Å²) in [6.45, 7) is 6.56. The number of benzene rings is 1. The van der Waals surface area contributed by atoms with E-state index in [2.05, 4.69) is 22.2 Å². The van der Waals surface area contributed by atoms with Crippen molar-refractivity contribution in [3.8, 4) is 0 Å². The highest BCUT2D eigenvalue weighted by Gasteiger charge is 2.31. The van der Waals surface area contributed by atoms with Crippen molar-refractivity contribution in [3.05, 3.63) is 29.3 Å². The van der Waals surface area contributed by atoms with Crippen molar-refractivity contribution in [1.82, 2.24) is 15.1 Å². The van der Waals surface area contributed by atoms with Gasteiger partial charge in [-0.2, -0.15) is 13.2 Å². The number of amides is 1. The van der Waals surface area contributed by atoms with Gasteiger partial charge in [0, 0.05) is 38.4 Å². The second-order valence-corrected chi connectivity index (χ2v) is 9.24. The molecule has 1 aliphatic heterocycles. The van der Waals surface area contributed by atoms with Crippen molar-refractivity contribution in [2.24, 2.45) is 0 Å². The van der Waals surface area contributed by atoms with Crippen LogP contribution in [0.1, 0.15) is 80.1 Å². The van der Waals surface area contributed by atoms with Crippen LogP contribution in [0.15, 0.2) is 18.2 Å². The van der Waals surface area contributed by atoms with E-state index in [-0.39, 0.29) is 11.3 Å². The number of hydrogen-bond acceptors (Lipinski definition) is 4. The number of carbonyl (C=O) groups excluding carboxylic acids is 1. The lowest BCUT2D eigenvalue weighted by Gasteiger charge is -2.32. The Bertz CT molecular complexity index is 703. The molecule has 188 valence electrons. The first-order valence-corrected chi connectivity index (χ1v) is 12.4. The normalized spacial score (nSPS) is 15.6. The number of nitrogens with zero attached hydrogens (tertiary/aromatic N) is 2. The highest BCUT2D eigenvalue weighted by molar-refractivity contribution is 5.99. The fourth-order valence-corrected chi connectivity index (χ4v) is 4.19. The minimum atomic E-state index is -4.46. The van der Waals surface area contributed by atoms with Gasteiger partial charge < -0.3 is 20.9 Å². The molecule has 1 aliphatic rings. The van der Waals surface area contributed by atoms with Crippen LogP contribution in [0.25, 0.3) is 0 Å². The number of halogens is 3. The molecule has 8 heteroatoms. The molecule has 0 atom stereocenters. The molecule has 3 N–H and O–H groups in total. The first-order chi connectivity index (χ1) is 15.8. The summed E-state index contributed by atoms with van der Waals surface area (Å²) in [7, 11) is 2.19. The lowest BCUT2D eigenvalue weighted by Crippen LogP contribution is -2.44. The topological polar surface area (TPSA) is 61.6 Å². The largest absolute Gasteiger partial charge is 0.416 e. The SMILES string of the molecule is CN1CCN(CCCCCCCCCCCCNC(=O)c2ccc(C(F)(F)F)cc2N)CC1. The highest BCUT2D eigenvalue weighted by Crippen LogP contribution is 2.31. The van der Waals surface area contributed by atoms with Gasteiger partial charge in [-0.3, -0.25) is 4.79 Å². The van der Waals surface area contributed by atoms with E-state index in [4.69, 9.17) is 5.73 Å². The first kappa shape index (κ1) is 27.4. The van der Waals surface area contributed by atoms with Crippen LogP contribution in [-0.4, -0.2) is 62.0 Å². The Hall–Kier alpha value is -1.80. The number of hydrogen-bond donors (Lipinski definition) is 2. The van der Waals surface area contributed by atoms with Gasteiger partial charge in [-0.15, -0.1) is 0 Å². The van der Waals surface area contributed by atoms with E-state index < -0.39 is 17.6 Å². The summed E-state index contributed by atoms with van der Waals surface area (Å²) >= 11 is 0. The number of piperazine rings is 1. The Morgan fingerprint density at radius 3 is 2.00 bits per heavy atom. The van der Waals surface area contributed by atoms with Crippen molar-refractivity contribution >= 4 is 11.6 Å². The van der Waals surface area contributed by atoms with Gasteiger partial charge in [0.1, 0.15) is 0 Å². The van der Waals surface area contributed by atoms with Crippen LogP contribution >= 0.6 is 0 Å². The maximum atomic E-state index is 12.7. The average Bonchev–Trinajstić information content (AvgIpc) is 2.77.